The first-order valence-electron chi connectivity index (χ1n) is 7.22. The molecule has 2 aromatic heterocycles. The molecule has 1 N–H and O–H groups in total. The Morgan fingerprint density at radius 1 is 1.19 bits per heavy atom. The van der Waals surface area contributed by atoms with Crippen LogP contribution in [0.2, 0.25) is 0 Å². The van der Waals surface area contributed by atoms with E-state index in [1.54, 1.807) is 17.6 Å². The molecule has 2 heterocycles. The van der Waals surface area contributed by atoms with Crippen LogP contribution in [0.4, 0.5) is 5.13 Å². The highest BCUT2D eigenvalue weighted by Crippen LogP contribution is 2.30. The molecule has 0 saturated carbocycles. The number of nitrogens with zero attached hydrogens (tertiary/aromatic N) is 1. The fourth-order valence-electron chi connectivity index (χ4n) is 2.79. The zero-order valence-corrected chi connectivity index (χ0v) is 12.5. The fraction of sp³-hybridized carbons (Fsp3) is 0.235. The van der Waals surface area contributed by atoms with Crippen molar-refractivity contribution in [3.63, 3.8) is 0 Å². The van der Waals surface area contributed by atoms with E-state index in [0.29, 0.717) is 6.54 Å². The minimum atomic E-state index is 0.671. The molecule has 0 saturated heterocycles. The van der Waals surface area contributed by atoms with E-state index in [4.69, 9.17) is 4.42 Å². The number of nitrogens with one attached hydrogen (secondary N) is 1. The normalized spacial score (nSPS) is 13.3. The topological polar surface area (TPSA) is 38.1 Å². The van der Waals surface area contributed by atoms with E-state index < -0.39 is 0 Å². The monoisotopic (exact) mass is 296 g/mol. The zero-order chi connectivity index (χ0) is 14.1. The van der Waals surface area contributed by atoms with Gasteiger partial charge in [0.2, 0.25) is 0 Å². The van der Waals surface area contributed by atoms with Crippen molar-refractivity contribution in [2.75, 3.05) is 5.32 Å². The SMILES string of the molecule is c1coc(CNc2nc(-c3ccc4c(c3)CCC4)cs2)c1. The van der Waals surface area contributed by atoms with Gasteiger partial charge in [-0.2, -0.15) is 0 Å². The summed E-state index contributed by atoms with van der Waals surface area (Å²) in [5.74, 6) is 0.921. The molecule has 0 unspecified atom stereocenters. The average molecular weight is 296 g/mol. The molecule has 0 radical (unpaired) electrons. The number of aromatic nitrogens is 1. The summed E-state index contributed by atoms with van der Waals surface area (Å²) in [6, 6.07) is 10.6. The second-order valence-electron chi connectivity index (χ2n) is 5.31. The van der Waals surface area contributed by atoms with Crippen molar-refractivity contribution in [1.29, 1.82) is 0 Å². The van der Waals surface area contributed by atoms with Gasteiger partial charge in [-0.3, -0.25) is 0 Å². The molecule has 0 amide bonds. The lowest BCUT2D eigenvalue weighted by molar-refractivity contribution is 0.518. The first kappa shape index (κ1) is 12.7. The molecule has 4 rings (SSSR count). The minimum Gasteiger partial charge on any atom is -0.467 e. The number of furan rings is 1. The third-order valence-corrected chi connectivity index (χ3v) is 4.69. The molecule has 0 aliphatic heterocycles. The molecule has 4 heteroatoms. The number of hydrogen-bond acceptors (Lipinski definition) is 4. The van der Waals surface area contributed by atoms with Crippen molar-refractivity contribution >= 4 is 16.5 Å². The van der Waals surface area contributed by atoms with Crippen LogP contribution >= 0.6 is 11.3 Å². The summed E-state index contributed by atoms with van der Waals surface area (Å²) in [5, 5.41) is 6.35. The van der Waals surface area contributed by atoms with Gasteiger partial charge in [0.05, 0.1) is 18.5 Å². The Morgan fingerprint density at radius 3 is 3.05 bits per heavy atom. The second-order valence-corrected chi connectivity index (χ2v) is 6.17. The Bertz CT molecular complexity index is 746. The quantitative estimate of drug-likeness (QED) is 0.770. The number of aryl methyl sites for hydroxylation is 2. The van der Waals surface area contributed by atoms with Crippen molar-refractivity contribution in [2.45, 2.75) is 25.8 Å². The van der Waals surface area contributed by atoms with Gasteiger partial charge in [-0.15, -0.1) is 11.3 Å². The maximum absolute atomic E-state index is 5.31. The van der Waals surface area contributed by atoms with Gasteiger partial charge in [0, 0.05) is 10.9 Å². The molecule has 0 fully saturated rings. The first-order valence-corrected chi connectivity index (χ1v) is 8.10. The summed E-state index contributed by atoms with van der Waals surface area (Å²) in [7, 11) is 0. The Labute approximate surface area is 127 Å². The van der Waals surface area contributed by atoms with Crippen LogP contribution in [0.3, 0.4) is 0 Å². The van der Waals surface area contributed by atoms with Gasteiger partial charge in [0.15, 0.2) is 5.13 Å². The summed E-state index contributed by atoms with van der Waals surface area (Å²) in [4.78, 5) is 4.67. The molecular formula is C17H16N2OS. The largest absolute Gasteiger partial charge is 0.467 e. The van der Waals surface area contributed by atoms with Gasteiger partial charge in [-0.25, -0.2) is 4.98 Å². The number of rotatable bonds is 4. The van der Waals surface area contributed by atoms with Crippen molar-refractivity contribution in [1.82, 2.24) is 4.98 Å². The molecule has 3 aromatic rings. The van der Waals surface area contributed by atoms with E-state index in [9.17, 15) is 0 Å². The highest BCUT2D eigenvalue weighted by atomic mass is 32.1. The van der Waals surface area contributed by atoms with Gasteiger partial charge < -0.3 is 9.73 Å². The van der Waals surface area contributed by atoms with E-state index in [-0.39, 0.29) is 0 Å². The van der Waals surface area contributed by atoms with Crippen LogP contribution in [0.15, 0.2) is 46.4 Å². The second kappa shape index (κ2) is 5.37. The van der Waals surface area contributed by atoms with E-state index >= 15 is 0 Å². The Kier molecular flexibility index (Phi) is 3.24. The zero-order valence-electron chi connectivity index (χ0n) is 11.6. The average Bonchev–Trinajstić information content (AvgIpc) is 3.25. The van der Waals surface area contributed by atoms with Gasteiger partial charge >= 0.3 is 0 Å². The van der Waals surface area contributed by atoms with Gasteiger partial charge in [0.1, 0.15) is 5.76 Å². The van der Waals surface area contributed by atoms with Crippen LogP contribution < -0.4 is 5.32 Å². The molecule has 106 valence electrons. The van der Waals surface area contributed by atoms with E-state index in [0.717, 1.165) is 16.6 Å². The molecule has 0 bridgehead atoms. The van der Waals surface area contributed by atoms with Gasteiger partial charge in [0.25, 0.3) is 0 Å². The Morgan fingerprint density at radius 2 is 2.14 bits per heavy atom. The molecular weight excluding hydrogens is 280 g/mol. The van der Waals surface area contributed by atoms with Gasteiger partial charge in [-0.05, 0) is 48.6 Å². The molecule has 1 aliphatic rings. The summed E-state index contributed by atoms with van der Waals surface area (Å²) in [5.41, 5.74) is 5.27. The van der Waals surface area contributed by atoms with Gasteiger partial charge in [-0.1, -0.05) is 12.1 Å². The fourth-order valence-corrected chi connectivity index (χ4v) is 3.51. The van der Waals surface area contributed by atoms with Crippen LogP contribution in [0, 0.1) is 0 Å². The highest BCUT2D eigenvalue weighted by molar-refractivity contribution is 7.14. The maximum atomic E-state index is 5.31. The molecule has 1 aliphatic carbocycles. The summed E-state index contributed by atoms with van der Waals surface area (Å²) in [6.07, 6.45) is 5.40. The lowest BCUT2D eigenvalue weighted by atomic mass is 10.1. The predicted molar refractivity (Wildman–Crippen MR) is 85.6 cm³/mol. The van der Waals surface area contributed by atoms with Crippen LogP contribution in [-0.4, -0.2) is 4.98 Å². The first-order chi connectivity index (χ1) is 10.4. The van der Waals surface area contributed by atoms with E-state index in [2.05, 4.69) is 33.9 Å². The van der Waals surface area contributed by atoms with Crippen molar-refractivity contribution in [3.05, 3.63) is 58.9 Å². The van der Waals surface area contributed by atoms with Crippen LogP contribution in [0.1, 0.15) is 23.3 Å². The van der Waals surface area contributed by atoms with Crippen LogP contribution in [-0.2, 0) is 19.4 Å². The van der Waals surface area contributed by atoms with Crippen molar-refractivity contribution < 1.29 is 4.42 Å². The number of fused-ring (bicyclic) bond motifs is 1. The van der Waals surface area contributed by atoms with Crippen molar-refractivity contribution in [3.8, 4) is 11.3 Å². The minimum absolute atomic E-state index is 0.671. The van der Waals surface area contributed by atoms with E-state index in [1.165, 1.54) is 36.0 Å². The number of thiazole rings is 1. The molecule has 1 aromatic carbocycles. The smallest absolute Gasteiger partial charge is 0.183 e. The van der Waals surface area contributed by atoms with Crippen molar-refractivity contribution in [2.24, 2.45) is 0 Å². The molecule has 0 spiro atoms. The number of hydrogen-bond donors (Lipinski definition) is 1. The number of benzene rings is 1. The van der Waals surface area contributed by atoms with Crippen LogP contribution in [0.25, 0.3) is 11.3 Å². The summed E-state index contributed by atoms with van der Waals surface area (Å²) in [6.45, 7) is 0.671. The molecule has 3 nitrogen and oxygen atoms in total. The van der Waals surface area contributed by atoms with E-state index in [1.807, 2.05) is 12.1 Å². The molecule has 0 atom stereocenters. The Balaban J connectivity index is 1.51. The number of anilines is 1. The summed E-state index contributed by atoms with van der Waals surface area (Å²) >= 11 is 1.64. The lowest BCUT2D eigenvalue weighted by Crippen LogP contribution is -1.97. The highest BCUT2D eigenvalue weighted by Gasteiger charge is 2.12. The van der Waals surface area contributed by atoms with Crippen LogP contribution in [0.5, 0.6) is 0 Å². The third kappa shape index (κ3) is 2.59. The lowest BCUT2D eigenvalue weighted by Gasteiger charge is -2.02. The maximum Gasteiger partial charge on any atom is 0.183 e. The third-order valence-electron chi connectivity index (χ3n) is 3.89. The molecule has 21 heavy (non-hydrogen) atoms. The summed E-state index contributed by atoms with van der Waals surface area (Å²) < 4.78 is 5.31. The predicted octanol–water partition coefficient (Wildman–Crippen LogP) is 4.50. The Hall–Kier alpha value is -2.07. The standard InChI is InChI=1S/C17H16N2OS/c1-3-12-6-7-14(9-13(12)4-1)16-11-21-17(19-16)18-10-15-5-2-8-20-15/h2,5-9,11H,1,3-4,10H2,(H,18,19).